The second kappa shape index (κ2) is 7.75. The first kappa shape index (κ1) is 15.5. The summed E-state index contributed by atoms with van der Waals surface area (Å²) in [6, 6.07) is -1.42. The summed E-state index contributed by atoms with van der Waals surface area (Å²) in [7, 11) is 3.02. The topological polar surface area (TPSA) is 88.1 Å². The number of nitrogens with one attached hydrogen (secondary N) is 1. The normalized spacial score (nSPS) is 16.7. The van der Waals surface area contributed by atoms with Gasteiger partial charge in [-0.2, -0.15) is 0 Å². The van der Waals surface area contributed by atoms with Gasteiger partial charge in [-0.1, -0.05) is 6.08 Å². The number of urea groups is 1. The Bertz CT molecular complexity index is 356. The van der Waals surface area contributed by atoms with Crippen LogP contribution in [0.25, 0.3) is 0 Å². The number of rotatable bonds is 6. The Morgan fingerprint density at radius 3 is 2.68 bits per heavy atom. The highest BCUT2D eigenvalue weighted by Crippen LogP contribution is 2.11. The molecule has 1 heterocycles. The minimum Gasteiger partial charge on any atom is -0.480 e. The van der Waals surface area contributed by atoms with Crippen LogP contribution in [-0.2, 0) is 14.3 Å². The van der Waals surface area contributed by atoms with E-state index in [9.17, 15) is 9.59 Å². The second-order valence-corrected chi connectivity index (χ2v) is 4.29. The first-order chi connectivity index (χ1) is 9.08. The van der Waals surface area contributed by atoms with Crippen LogP contribution in [0, 0.1) is 0 Å². The molecule has 7 heteroatoms. The molecule has 0 bridgehead atoms. The lowest BCUT2D eigenvalue weighted by molar-refractivity contribution is -0.140. The largest absolute Gasteiger partial charge is 0.480 e. The van der Waals surface area contributed by atoms with Crippen LogP contribution >= 0.6 is 0 Å². The Morgan fingerprint density at radius 1 is 1.47 bits per heavy atom. The van der Waals surface area contributed by atoms with Crippen molar-refractivity contribution in [1.29, 1.82) is 0 Å². The van der Waals surface area contributed by atoms with Gasteiger partial charge in [0.25, 0.3) is 0 Å². The van der Waals surface area contributed by atoms with Gasteiger partial charge in [0.1, 0.15) is 0 Å². The van der Waals surface area contributed by atoms with E-state index in [0.717, 1.165) is 12.0 Å². The van der Waals surface area contributed by atoms with Crippen molar-refractivity contribution >= 4 is 12.0 Å². The maximum atomic E-state index is 11.9. The van der Waals surface area contributed by atoms with Crippen molar-refractivity contribution in [2.45, 2.75) is 12.5 Å². The van der Waals surface area contributed by atoms with Crippen LogP contribution in [0.5, 0.6) is 0 Å². The van der Waals surface area contributed by atoms with Gasteiger partial charge in [0, 0.05) is 27.3 Å². The van der Waals surface area contributed by atoms with E-state index in [1.807, 2.05) is 6.08 Å². The third-order valence-corrected chi connectivity index (χ3v) is 2.85. The number of nitrogens with zero attached hydrogens (tertiary/aromatic N) is 1. The molecule has 0 aromatic heterocycles. The van der Waals surface area contributed by atoms with Crippen LogP contribution in [-0.4, -0.2) is 68.6 Å². The number of aliphatic carboxylic acids is 1. The van der Waals surface area contributed by atoms with E-state index in [4.69, 9.17) is 14.6 Å². The molecule has 0 fully saturated rings. The number of hydrogen-bond donors (Lipinski definition) is 2. The Morgan fingerprint density at radius 2 is 2.21 bits per heavy atom. The van der Waals surface area contributed by atoms with Crippen molar-refractivity contribution in [3.05, 3.63) is 11.6 Å². The van der Waals surface area contributed by atoms with Gasteiger partial charge < -0.3 is 24.8 Å². The lowest BCUT2D eigenvalue weighted by atomic mass is 10.1. The van der Waals surface area contributed by atoms with E-state index >= 15 is 0 Å². The number of carbonyl (C=O) groups excluding carboxylic acids is 1. The van der Waals surface area contributed by atoms with E-state index < -0.39 is 18.0 Å². The summed E-state index contributed by atoms with van der Waals surface area (Å²) in [4.78, 5) is 24.4. The van der Waals surface area contributed by atoms with Crippen LogP contribution in [0.4, 0.5) is 4.79 Å². The van der Waals surface area contributed by atoms with Crippen molar-refractivity contribution < 1.29 is 24.2 Å². The molecular formula is C12H20N2O5. The lowest BCUT2D eigenvalue weighted by Gasteiger charge is -2.27. The standard InChI is InChI=1S/C12H20N2O5/c1-18-7-9-3-5-14(6-4-9)12(17)13-10(8-19-2)11(15)16/h3,10H,4-8H2,1-2H3,(H,13,17)(H,15,16). The minimum absolute atomic E-state index is 0.0559. The Labute approximate surface area is 112 Å². The molecule has 1 unspecified atom stereocenters. The van der Waals surface area contributed by atoms with Crippen molar-refractivity contribution in [3.8, 4) is 0 Å². The molecule has 0 aliphatic carbocycles. The van der Waals surface area contributed by atoms with Crippen LogP contribution in [0.3, 0.4) is 0 Å². The van der Waals surface area contributed by atoms with Gasteiger partial charge in [-0.3, -0.25) is 0 Å². The van der Waals surface area contributed by atoms with Crippen molar-refractivity contribution in [1.82, 2.24) is 10.2 Å². The summed E-state index contributed by atoms with van der Waals surface area (Å²) in [6.45, 7) is 1.53. The molecule has 0 radical (unpaired) electrons. The SMILES string of the molecule is COCC1=CCN(C(=O)NC(COC)C(=O)O)CC1. The van der Waals surface area contributed by atoms with Crippen molar-refractivity contribution in [2.24, 2.45) is 0 Å². The number of carboxylic acids is 1. The number of amides is 2. The third-order valence-electron chi connectivity index (χ3n) is 2.85. The number of methoxy groups -OCH3 is 2. The van der Waals surface area contributed by atoms with Crippen LogP contribution in [0.15, 0.2) is 11.6 Å². The van der Waals surface area contributed by atoms with Gasteiger partial charge in [-0.25, -0.2) is 9.59 Å². The zero-order chi connectivity index (χ0) is 14.3. The second-order valence-electron chi connectivity index (χ2n) is 4.29. The fourth-order valence-corrected chi connectivity index (χ4v) is 1.79. The number of carboxylic acid groups (broad SMARTS) is 1. The quantitative estimate of drug-likeness (QED) is 0.668. The average Bonchev–Trinajstić information content (AvgIpc) is 2.39. The maximum Gasteiger partial charge on any atom is 0.328 e. The van der Waals surface area contributed by atoms with Crippen LogP contribution in [0.1, 0.15) is 6.42 Å². The fourth-order valence-electron chi connectivity index (χ4n) is 1.79. The number of ether oxygens (including phenoxy) is 2. The average molecular weight is 272 g/mol. The summed E-state index contributed by atoms with van der Waals surface area (Å²) < 4.78 is 9.78. The molecule has 1 aliphatic rings. The molecule has 0 aromatic carbocycles. The van der Waals surface area contributed by atoms with E-state index in [2.05, 4.69) is 5.32 Å². The maximum absolute atomic E-state index is 11.9. The predicted molar refractivity (Wildman–Crippen MR) is 68.0 cm³/mol. The summed E-state index contributed by atoms with van der Waals surface area (Å²) >= 11 is 0. The smallest absolute Gasteiger partial charge is 0.328 e. The first-order valence-electron chi connectivity index (χ1n) is 6.02. The zero-order valence-electron chi connectivity index (χ0n) is 11.2. The summed E-state index contributed by atoms with van der Waals surface area (Å²) in [6.07, 6.45) is 2.67. The third kappa shape index (κ3) is 4.88. The molecule has 0 saturated carbocycles. The van der Waals surface area contributed by atoms with Crippen LogP contribution < -0.4 is 5.32 Å². The number of carbonyl (C=O) groups is 2. The lowest BCUT2D eigenvalue weighted by Crippen LogP contribution is -2.50. The fraction of sp³-hybridized carbons (Fsp3) is 0.667. The van der Waals surface area contributed by atoms with E-state index in [-0.39, 0.29) is 6.61 Å². The van der Waals surface area contributed by atoms with E-state index in [0.29, 0.717) is 19.7 Å². The molecule has 19 heavy (non-hydrogen) atoms. The Hall–Kier alpha value is -1.60. The number of hydrogen-bond acceptors (Lipinski definition) is 4. The summed E-state index contributed by atoms with van der Waals surface area (Å²) in [5, 5.41) is 11.4. The molecule has 2 amide bonds. The molecule has 0 spiro atoms. The highest BCUT2D eigenvalue weighted by molar-refractivity contribution is 5.82. The first-order valence-corrected chi connectivity index (χ1v) is 6.02. The summed E-state index contributed by atoms with van der Waals surface area (Å²) in [5.74, 6) is -1.11. The predicted octanol–water partition coefficient (Wildman–Crippen LogP) is 0.0741. The molecule has 0 saturated heterocycles. The van der Waals surface area contributed by atoms with Gasteiger partial charge in [-0.15, -0.1) is 0 Å². The van der Waals surface area contributed by atoms with E-state index in [1.54, 1.807) is 12.0 Å². The molecule has 1 rings (SSSR count). The Kier molecular flexibility index (Phi) is 6.31. The van der Waals surface area contributed by atoms with Crippen molar-refractivity contribution in [2.75, 3.05) is 40.5 Å². The highest BCUT2D eigenvalue weighted by atomic mass is 16.5. The minimum atomic E-state index is -1.11. The molecule has 108 valence electrons. The van der Waals surface area contributed by atoms with Gasteiger partial charge in [0.15, 0.2) is 6.04 Å². The monoisotopic (exact) mass is 272 g/mol. The molecule has 1 atom stereocenters. The van der Waals surface area contributed by atoms with Gasteiger partial charge in [-0.05, 0) is 12.0 Å². The van der Waals surface area contributed by atoms with Gasteiger partial charge in [0.05, 0.1) is 13.2 Å². The molecule has 1 aliphatic heterocycles. The summed E-state index contributed by atoms with van der Waals surface area (Å²) in [5.41, 5.74) is 1.15. The molecule has 7 nitrogen and oxygen atoms in total. The zero-order valence-corrected chi connectivity index (χ0v) is 11.2. The van der Waals surface area contributed by atoms with Gasteiger partial charge >= 0.3 is 12.0 Å². The highest BCUT2D eigenvalue weighted by Gasteiger charge is 2.24. The van der Waals surface area contributed by atoms with Crippen molar-refractivity contribution in [3.63, 3.8) is 0 Å². The molecular weight excluding hydrogens is 252 g/mol. The molecule has 0 aromatic rings. The van der Waals surface area contributed by atoms with Gasteiger partial charge in [0.2, 0.25) is 0 Å². The molecule has 2 N–H and O–H groups in total. The Balaban J connectivity index is 2.48. The van der Waals surface area contributed by atoms with E-state index in [1.165, 1.54) is 7.11 Å². The van der Waals surface area contributed by atoms with Crippen LogP contribution in [0.2, 0.25) is 0 Å².